The Kier molecular flexibility index (Phi) is 3.72. The van der Waals surface area contributed by atoms with E-state index in [2.05, 4.69) is 16.6 Å². The van der Waals surface area contributed by atoms with Gasteiger partial charge < -0.3 is 15.7 Å². The molecule has 1 fully saturated rings. The van der Waals surface area contributed by atoms with Gasteiger partial charge in [-0.15, -0.1) is 6.42 Å². The summed E-state index contributed by atoms with van der Waals surface area (Å²) in [7, 11) is 0. The second kappa shape index (κ2) is 5.02. The Morgan fingerprint density at radius 1 is 1.69 bits per heavy atom. The van der Waals surface area contributed by atoms with Crippen LogP contribution in [-0.4, -0.2) is 53.6 Å². The standard InChI is InChI=1S/C9H11N3O4/c1-2-3-10-9(16)12-5-7(13)11-4-6(12)8(14)15/h1,6H,3-5H2,(H,10,16)(H,11,13)(H,14,15). The molecule has 7 heteroatoms. The number of nitrogens with one attached hydrogen (secondary N) is 2. The fourth-order valence-electron chi connectivity index (χ4n) is 1.30. The van der Waals surface area contributed by atoms with Gasteiger partial charge in [0.2, 0.25) is 5.91 Å². The van der Waals surface area contributed by atoms with E-state index in [-0.39, 0.29) is 19.6 Å². The third kappa shape index (κ3) is 2.63. The molecule has 1 saturated heterocycles. The number of terminal acetylenes is 1. The Hall–Kier alpha value is -2.23. The first-order valence-electron chi connectivity index (χ1n) is 4.53. The van der Waals surface area contributed by atoms with E-state index in [1.54, 1.807) is 0 Å². The molecule has 1 unspecified atom stereocenters. The summed E-state index contributed by atoms with van der Waals surface area (Å²) in [6.07, 6.45) is 4.95. The molecule has 0 aromatic rings. The van der Waals surface area contributed by atoms with Crippen molar-refractivity contribution in [3.05, 3.63) is 0 Å². The summed E-state index contributed by atoms with van der Waals surface area (Å²) < 4.78 is 0. The highest BCUT2D eigenvalue weighted by Gasteiger charge is 2.34. The zero-order chi connectivity index (χ0) is 12.1. The SMILES string of the molecule is C#CCNC(=O)N1CC(=O)NCC1C(=O)O. The minimum atomic E-state index is -1.17. The van der Waals surface area contributed by atoms with Crippen LogP contribution in [0.3, 0.4) is 0 Å². The molecule has 1 heterocycles. The highest BCUT2D eigenvalue weighted by atomic mass is 16.4. The summed E-state index contributed by atoms with van der Waals surface area (Å²) in [5.74, 6) is 0.621. The molecule has 16 heavy (non-hydrogen) atoms. The summed E-state index contributed by atoms with van der Waals surface area (Å²) in [5, 5.41) is 13.5. The molecule has 86 valence electrons. The van der Waals surface area contributed by atoms with Crippen LogP contribution >= 0.6 is 0 Å². The van der Waals surface area contributed by atoms with Gasteiger partial charge in [0, 0.05) is 6.54 Å². The highest BCUT2D eigenvalue weighted by molar-refractivity contribution is 5.90. The molecule has 0 spiro atoms. The number of hydrogen-bond acceptors (Lipinski definition) is 3. The predicted octanol–water partition coefficient (Wildman–Crippen LogP) is -1.79. The number of carbonyl (C=O) groups excluding carboxylic acids is 2. The van der Waals surface area contributed by atoms with Gasteiger partial charge >= 0.3 is 12.0 Å². The average molecular weight is 225 g/mol. The molecule has 0 radical (unpaired) electrons. The molecule has 3 N–H and O–H groups in total. The fraction of sp³-hybridized carbons (Fsp3) is 0.444. The molecule has 1 rings (SSSR count). The zero-order valence-corrected chi connectivity index (χ0v) is 8.40. The predicted molar refractivity (Wildman–Crippen MR) is 53.4 cm³/mol. The number of hydrogen-bond donors (Lipinski definition) is 3. The van der Waals surface area contributed by atoms with Gasteiger partial charge in [0.15, 0.2) is 0 Å². The topological polar surface area (TPSA) is 98.7 Å². The number of amides is 3. The van der Waals surface area contributed by atoms with E-state index in [0.717, 1.165) is 4.90 Å². The highest BCUT2D eigenvalue weighted by Crippen LogP contribution is 2.04. The van der Waals surface area contributed by atoms with Gasteiger partial charge in [-0.2, -0.15) is 0 Å². The molecular weight excluding hydrogens is 214 g/mol. The first kappa shape index (κ1) is 11.8. The van der Waals surface area contributed by atoms with Crippen molar-refractivity contribution in [2.24, 2.45) is 0 Å². The molecule has 0 bridgehead atoms. The molecule has 0 aliphatic carbocycles. The summed E-state index contributed by atoms with van der Waals surface area (Å²) in [4.78, 5) is 34.3. The van der Waals surface area contributed by atoms with Crippen molar-refractivity contribution in [3.63, 3.8) is 0 Å². The molecule has 0 aromatic heterocycles. The first-order valence-corrected chi connectivity index (χ1v) is 4.53. The van der Waals surface area contributed by atoms with Crippen LogP contribution in [0.1, 0.15) is 0 Å². The number of carbonyl (C=O) groups is 3. The minimum absolute atomic E-state index is 0.0106. The third-order valence-electron chi connectivity index (χ3n) is 2.07. The van der Waals surface area contributed by atoms with Gasteiger partial charge in [-0.05, 0) is 0 Å². The van der Waals surface area contributed by atoms with Crippen LogP contribution in [0, 0.1) is 12.3 Å². The summed E-state index contributed by atoms with van der Waals surface area (Å²) in [5.41, 5.74) is 0. The molecule has 0 aromatic carbocycles. The molecule has 0 saturated carbocycles. The smallest absolute Gasteiger partial charge is 0.328 e. The van der Waals surface area contributed by atoms with Gasteiger partial charge in [-0.1, -0.05) is 5.92 Å². The van der Waals surface area contributed by atoms with Gasteiger partial charge in [0.25, 0.3) is 0 Å². The number of rotatable bonds is 2. The van der Waals surface area contributed by atoms with Crippen LogP contribution in [0.15, 0.2) is 0 Å². The van der Waals surface area contributed by atoms with E-state index in [9.17, 15) is 14.4 Å². The van der Waals surface area contributed by atoms with E-state index in [4.69, 9.17) is 11.5 Å². The molecule has 7 nitrogen and oxygen atoms in total. The second-order valence-electron chi connectivity index (χ2n) is 3.15. The van der Waals surface area contributed by atoms with E-state index >= 15 is 0 Å². The average Bonchev–Trinajstić information content (AvgIpc) is 2.25. The normalized spacial score (nSPS) is 19.6. The summed E-state index contributed by atoms with van der Waals surface area (Å²) in [6.45, 7) is -0.395. The number of carboxylic acids is 1. The van der Waals surface area contributed by atoms with Crippen molar-refractivity contribution in [1.29, 1.82) is 0 Å². The van der Waals surface area contributed by atoms with E-state index in [0.29, 0.717) is 0 Å². The number of piperazine rings is 1. The van der Waals surface area contributed by atoms with Crippen LogP contribution < -0.4 is 10.6 Å². The molecule has 3 amide bonds. The van der Waals surface area contributed by atoms with Crippen molar-refractivity contribution < 1.29 is 19.5 Å². The second-order valence-corrected chi connectivity index (χ2v) is 3.15. The lowest BCUT2D eigenvalue weighted by Gasteiger charge is -2.32. The van der Waals surface area contributed by atoms with Gasteiger partial charge in [0.1, 0.15) is 12.6 Å². The lowest BCUT2D eigenvalue weighted by atomic mass is 10.2. The van der Waals surface area contributed by atoms with Crippen molar-refractivity contribution in [2.75, 3.05) is 19.6 Å². The number of nitrogens with zero attached hydrogens (tertiary/aromatic N) is 1. The van der Waals surface area contributed by atoms with Crippen LogP contribution in [0.5, 0.6) is 0 Å². The van der Waals surface area contributed by atoms with Crippen LogP contribution in [0.4, 0.5) is 4.79 Å². The molecular formula is C9H11N3O4. The van der Waals surface area contributed by atoms with E-state index < -0.39 is 23.9 Å². The quantitative estimate of drug-likeness (QED) is 0.483. The zero-order valence-electron chi connectivity index (χ0n) is 8.40. The van der Waals surface area contributed by atoms with Crippen molar-refractivity contribution >= 4 is 17.9 Å². The molecule has 1 aliphatic rings. The summed E-state index contributed by atoms with van der Waals surface area (Å²) in [6, 6.07) is -1.71. The number of aliphatic carboxylic acids is 1. The Balaban J connectivity index is 2.71. The Morgan fingerprint density at radius 2 is 2.38 bits per heavy atom. The lowest BCUT2D eigenvalue weighted by Crippen LogP contribution is -2.61. The van der Waals surface area contributed by atoms with E-state index in [1.165, 1.54) is 0 Å². The Labute approximate surface area is 91.8 Å². The van der Waals surface area contributed by atoms with Gasteiger partial charge in [0.05, 0.1) is 6.54 Å². The van der Waals surface area contributed by atoms with Crippen LogP contribution in [0.2, 0.25) is 0 Å². The van der Waals surface area contributed by atoms with E-state index in [1.807, 2.05) is 0 Å². The van der Waals surface area contributed by atoms with Crippen molar-refractivity contribution in [1.82, 2.24) is 15.5 Å². The minimum Gasteiger partial charge on any atom is -0.480 e. The maximum absolute atomic E-state index is 11.5. The maximum Gasteiger partial charge on any atom is 0.328 e. The third-order valence-corrected chi connectivity index (χ3v) is 2.07. The van der Waals surface area contributed by atoms with Crippen molar-refractivity contribution in [3.8, 4) is 12.3 Å². The largest absolute Gasteiger partial charge is 0.480 e. The van der Waals surface area contributed by atoms with Gasteiger partial charge in [-0.3, -0.25) is 9.69 Å². The Morgan fingerprint density at radius 3 is 2.94 bits per heavy atom. The number of carboxylic acid groups (broad SMARTS) is 1. The Bertz CT molecular complexity index is 360. The van der Waals surface area contributed by atoms with Crippen LogP contribution in [0.25, 0.3) is 0 Å². The molecule has 1 atom stereocenters. The molecule has 1 aliphatic heterocycles. The van der Waals surface area contributed by atoms with Crippen molar-refractivity contribution in [2.45, 2.75) is 6.04 Å². The fourth-order valence-corrected chi connectivity index (χ4v) is 1.30. The van der Waals surface area contributed by atoms with Crippen LogP contribution in [-0.2, 0) is 9.59 Å². The van der Waals surface area contributed by atoms with Gasteiger partial charge in [-0.25, -0.2) is 9.59 Å². The first-order chi connectivity index (χ1) is 7.56. The maximum atomic E-state index is 11.5. The summed E-state index contributed by atoms with van der Waals surface area (Å²) >= 11 is 0. The monoisotopic (exact) mass is 225 g/mol. The lowest BCUT2D eigenvalue weighted by molar-refractivity contribution is -0.144. The number of urea groups is 1.